The van der Waals surface area contributed by atoms with Crippen molar-refractivity contribution < 1.29 is 18.3 Å². The maximum absolute atomic E-state index is 13.2. The monoisotopic (exact) mass is 327 g/mol. The molecule has 0 radical (unpaired) electrons. The van der Waals surface area contributed by atoms with Crippen molar-refractivity contribution in [2.45, 2.75) is 32.1 Å². The van der Waals surface area contributed by atoms with Crippen LogP contribution in [0.15, 0.2) is 36.5 Å². The molecule has 0 aliphatic rings. The molecular weight excluding hydrogens is 307 g/mol. The molecule has 0 saturated heterocycles. The second-order valence-electron chi connectivity index (χ2n) is 5.35. The highest BCUT2D eigenvalue weighted by Crippen LogP contribution is 2.33. The van der Waals surface area contributed by atoms with Crippen LogP contribution in [0.25, 0.3) is 0 Å². The van der Waals surface area contributed by atoms with Gasteiger partial charge in [-0.15, -0.1) is 0 Å². The first-order valence-electron chi connectivity index (χ1n) is 7.39. The lowest BCUT2D eigenvalue weighted by Crippen LogP contribution is -2.37. The van der Waals surface area contributed by atoms with Gasteiger partial charge < -0.3 is 10.0 Å². The molecule has 0 aliphatic carbocycles. The van der Waals surface area contributed by atoms with Crippen LogP contribution in [0.1, 0.15) is 24.6 Å². The van der Waals surface area contributed by atoms with Gasteiger partial charge in [-0.2, -0.15) is 18.3 Å². The van der Waals surface area contributed by atoms with E-state index in [-0.39, 0.29) is 24.8 Å². The Morgan fingerprint density at radius 3 is 2.43 bits per heavy atom. The summed E-state index contributed by atoms with van der Waals surface area (Å²) < 4.78 is 40.5. The van der Waals surface area contributed by atoms with Gasteiger partial charge in [0, 0.05) is 24.8 Å². The Bertz CT molecular complexity index is 621. The van der Waals surface area contributed by atoms with Gasteiger partial charge in [-0.05, 0) is 18.6 Å². The van der Waals surface area contributed by atoms with E-state index in [1.165, 1.54) is 13.2 Å². The lowest BCUT2D eigenvalue weighted by atomic mass is 10.1. The van der Waals surface area contributed by atoms with E-state index in [2.05, 4.69) is 5.10 Å². The van der Waals surface area contributed by atoms with E-state index in [1.807, 2.05) is 37.3 Å². The molecular formula is C16H20F3N3O. The average Bonchev–Trinajstić information content (AvgIpc) is 2.89. The predicted molar refractivity (Wildman–Crippen MR) is 82.0 cm³/mol. The summed E-state index contributed by atoms with van der Waals surface area (Å²) in [7, 11) is 1.28. The number of halogens is 3. The minimum atomic E-state index is -4.47. The fourth-order valence-corrected chi connectivity index (χ4v) is 2.65. The van der Waals surface area contributed by atoms with Gasteiger partial charge in [0.2, 0.25) is 0 Å². The van der Waals surface area contributed by atoms with Crippen LogP contribution in [0.3, 0.4) is 0 Å². The van der Waals surface area contributed by atoms with E-state index in [0.29, 0.717) is 6.42 Å². The Labute approximate surface area is 133 Å². The van der Waals surface area contributed by atoms with Gasteiger partial charge in [-0.25, -0.2) is 0 Å². The molecule has 0 amide bonds. The van der Waals surface area contributed by atoms with E-state index < -0.39 is 11.9 Å². The number of para-hydroxylation sites is 1. The molecule has 0 saturated carbocycles. The summed E-state index contributed by atoms with van der Waals surface area (Å²) >= 11 is 0. The molecule has 0 aliphatic heterocycles. The van der Waals surface area contributed by atoms with Crippen LogP contribution in [0.4, 0.5) is 18.9 Å². The van der Waals surface area contributed by atoms with Crippen LogP contribution in [0, 0.1) is 0 Å². The van der Waals surface area contributed by atoms with Crippen molar-refractivity contribution >= 4 is 5.69 Å². The van der Waals surface area contributed by atoms with Gasteiger partial charge in [-0.3, -0.25) is 4.68 Å². The Morgan fingerprint density at radius 2 is 1.91 bits per heavy atom. The van der Waals surface area contributed by atoms with Gasteiger partial charge in [0.1, 0.15) is 5.69 Å². The van der Waals surface area contributed by atoms with Crippen molar-refractivity contribution in [2.24, 2.45) is 7.05 Å². The number of aliphatic hydroxyl groups excluding tert-OH is 1. The molecule has 1 unspecified atom stereocenters. The standard InChI is InChI=1S/C16H20F3N3O/c1-3-13(11-23)22(14-7-5-4-6-8-14)10-12-9-20-21(2)15(12)16(17,18)19/h4-9,13,23H,3,10-11H2,1-2H3. The normalized spacial score (nSPS) is 13.1. The molecule has 0 fully saturated rings. The average molecular weight is 327 g/mol. The summed E-state index contributed by atoms with van der Waals surface area (Å²) in [5.41, 5.74) is 0.104. The highest BCUT2D eigenvalue weighted by molar-refractivity contribution is 5.48. The molecule has 2 rings (SSSR count). The van der Waals surface area contributed by atoms with E-state index in [9.17, 15) is 18.3 Å². The largest absolute Gasteiger partial charge is 0.433 e. The predicted octanol–water partition coefficient (Wildman–Crippen LogP) is 3.22. The molecule has 7 heteroatoms. The minimum Gasteiger partial charge on any atom is -0.394 e. The third-order valence-electron chi connectivity index (χ3n) is 3.83. The second kappa shape index (κ2) is 7.04. The minimum absolute atomic E-state index is 0.0335. The summed E-state index contributed by atoms with van der Waals surface area (Å²) in [6.07, 6.45) is -2.61. The molecule has 0 spiro atoms. The second-order valence-corrected chi connectivity index (χ2v) is 5.35. The topological polar surface area (TPSA) is 41.3 Å². The van der Waals surface area contributed by atoms with Crippen LogP contribution in [-0.2, 0) is 19.8 Å². The zero-order valence-electron chi connectivity index (χ0n) is 13.1. The summed E-state index contributed by atoms with van der Waals surface area (Å²) in [5.74, 6) is 0. The van der Waals surface area contributed by atoms with Gasteiger partial charge in [0.15, 0.2) is 0 Å². The molecule has 4 nitrogen and oxygen atoms in total. The Kier molecular flexibility index (Phi) is 5.30. The lowest BCUT2D eigenvalue weighted by Gasteiger charge is -2.32. The zero-order valence-corrected chi connectivity index (χ0v) is 13.1. The van der Waals surface area contributed by atoms with E-state index in [4.69, 9.17) is 0 Å². The maximum Gasteiger partial charge on any atom is 0.433 e. The molecule has 1 heterocycles. The Balaban J connectivity index is 2.40. The van der Waals surface area contributed by atoms with Crippen molar-refractivity contribution in [3.8, 4) is 0 Å². The number of benzene rings is 1. The molecule has 0 bridgehead atoms. The fraction of sp³-hybridized carbons (Fsp3) is 0.438. The van der Waals surface area contributed by atoms with Crippen LogP contribution in [0.2, 0.25) is 0 Å². The van der Waals surface area contributed by atoms with Crippen LogP contribution < -0.4 is 4.90 Å². The van der Waals surface area contributed by atoms with E-state index >= 15 is 0 Å². The molecule has 23 heavy (non-hydrogen) atoms. The van der Waals surface area contributed by atoms with Crippen molar-refractivity contribution in [1.82, 2.24) is 9.78 Å². The van der Waals surface area contributed by atoms with Crippen molar-refractivity contribution in [2.75, 3.05) is 11.5 Å². The molecule has 2 aromatic rings. The molecule has 1 N–H and O–H groups in total. The Hall–Kier alpha value is -2.02. The van der Waals surface area contributed by atoms with Gasteiger partial charge >= 0.3 is 6.18 Å². The number of anilines is 1. The number of nitrogens with zero attached hydrogens (tertiary/aromatic N) is 3. The zero-order chi connectivity index (χ0) is 17.0. The number of aliphatic hydroxyl groups is 1. The highest BCUT2D eigenvalue weighted by Gasteiger charge is 2.38. The summed E-state index contributed by atoms with van der Waals surface area (Å²) in [6, 6.07) is 8.86. The molecule has 1 aromatic carbocycles. The van der Waals surface area contributed by atoms with Crippen LogP contribution in [-0.4, -0.2) is 27.5 Å². The van der Waals surface area contributed by atoms with Crippen molar-refractivity contribution in [3.63, 3.8) is 0 Å². The van der Waals surface area contributed by atoms with Crippen LogP contribution in [0.5, 0.6) is 0 Å². The molecule has 1 atom stereocenters. The first-order valence-corrected chi connectivity index (χ1v) is 7.39. The molecule has 126 valence electrons. The maximum atomic E-state index is 13.2. The summed E-state index contributed by atoms with van der Waals surface area (Å²) in [6.45, 7) is 1.80. The SMILES string of the molecule is CCC(CO)N(Cc1cnn(C)c1C(F)(F)F)c1ccccc1. The third kappa shape index (κ3) is 3.85. The third-order valence-corrected chi connectivity index (χ3v) is 3.83. The number of alkyl halides is 3. The van der Waals surface area contributed by atoms with E-state index in [0.717, 1.165) is 10.4 Å². The van der Waals surface area contributed by atoms with Crippen molar-refractivity contribution in [3.05, 3.63) is 47.8 Å². The number of hydrogen-bond donors (Lipinski definition) is 1. The van der Waals surface area contributed by atoms with Crippen LogP contribution >= 0.6 is 0 Å². The summed E-state index contributed by atoms with van der Waals surface area (Å²) in [4.78, 5) is 1.78. The number of rotatable bonds is 6. The quantitative estimate of drug-likeness (QED) is 0.886. The smallest absolute Gasteiger partial charge is 0.394 e. The fourth-order valence-electron chi connectivity index (χ4n) is 2.65. The lowest BCUT2D eigenvalue weighted by molar-refractivity contribution is -0.144. The van der Waals surface area contributed by atoms with Gasteiger partial charge in [0.05, 0.1) is 18.8 Å². The number of aryl methyl sites for hydroxylation is 1. The number of aromatic nitrogens is 2. The van der Waals surface area contributed by atoms with Gasteiger partial charge in [-0.1, -0.05) is 25.1 Å². The molecule has 1 aromatic heterocycles. The van der Waals surface area contributed by atoms with E-state index in [1.54, 1.807) is 4.90 Å². The van der Waals surface area contributed by atoms with Crippen molar-refractivity contribution in [1.29, 1.82) is 0 Å². The first-order chi connectivity index (χ1) is 10.9. The Morgan fingerprint density at radius 1 is 1.26 bits per heavy atom. The first kappa shape index (κ1) is 17.3. The summed E-state index contributed by atoms with van der Waals surface area (Å²) in [5, 5.41) is 13.3. The van der Waals surface area contributed by atoms with Gasteiger partial charge in [0.25, 0.3) is 0 Å². The highest BCUT2D eigenvalue weighted by atomic mass is 19.4. The number of hydrogen-bond acceptors (Lipinski definition) is 3.